The third-order valence-electron chi connectivity index (χ3n) is 4.27. The second-order valence-electron chi connectivity index (χ2n) is 5.96. The van der Waals surface area contributed by atoms with E-state index in [2.05, 4.69) is 54.1 Å². The standard InChI is InChI=1S/C17H21ClN2/c1-12-7-8-20(11-16(12)18)10-14-9-13(2)19-17-6-4-3-5-15(14)17/h3-6,9,12,16H,7-8,10-11H2,1-2H3. The molecule has 0 spiro atoms. The van der Waals surface area contributed by atoms with Gasteiger partial charge >= 0.3 is 0 Å². The zero-order valence-electron chi connectivity index (χ0n) is 12.1. The first kappa shape index (κ1) is 13.8. The zero-order chi connectivity index (χ0) is 14.1. The number of benzene rings is 1. The molecule has 1 aromatic carbocycles. The third kappa shape index (κ3) is 2.82. The number of halogens is 1. The van der Waals surface area contributed by atoms with Gasteiger partial charge in [0, 0.05) is 29.5 Å². The molecule has 1 aliphatic heterocycles. The summed E-state index contributed by atoms with van der Waals surface area (Å²) >= 11 is 6.42. The van der Waals surface area contributed by atoms with E-state index in [4.69, 9.17) is 11.6 Å². The number of fused-ring (bicyclic) bond motifs is 1. The van der Waals surface area contributed by atoms with Crippen LogP contribution in [0.3, 0.4) is 0 Å². The number of para-hydroxylation sites is 1. The average Bonchev–Trinajstić information content (AvgIpc) is 2.43. The SMILES string of the molecule is Cc1cc(CN2CCC(C)C(Cl)C2)c2ccccc2n1. The molecular weight excluding hydrogens is 268 g/mol. The molecule has 2 nitrogen and oxygen atoms in total. The fraction of sp³-hybridized carbons (Fsp3) is 0.471. The number of nitrogens with zero attached hydrogens (tertiary/aromatic N) is 2. The van der Waals surface area contributed by atoms with Crippen molar-refractivity contribution in [3.8, 4) is 0 Å². The second-order valence-corrected chi connectivity index (χ2v) is 6.52. The Bertz CT molecular complexity index is 611. The smallest absolute Gasteiger partial charge is 0.0708 e. The lowest BCUT2D eigenvalue weighted by molar-refractivity contribution is 0.190. The molecule has 0 aliphatic carbocycles. The summed E-state index contributed by atoms with van der Waals surface area (Å²) in [6.45, 7) is 7.41. The molecule has 1 saturated heterocycles. The van der Waals surface area contributed by atoms with Gasteiger partial charge in [0.2, 0.25) is 0 Å². The summed E-state index contributed by atoms with van der Waals surface area (Å²) in [7, 11) is 0. The first-order valence-electron chi connectivity index (χ1n) is 7.35. The maximum absolute atomic E-state index is 6.42. The Balaban J connectivity index is 1.87. The first-order valence-corrected chi connectivity index (χ1v) is 7.79. The molecule has 0 bridgehead atoms. The summed E-state index contributed by atoms with van der Waals surface area (Å²) in [6, 6.07) is 10.6. The van der Waals surface area contributed by atoms with Crippen LogP contribution in [0.5, 0.6) is 0 Å². The molecule has 3 rings (SSSR count). The maximum atomic E-state index is 6.42. The molecular formula is C17H21ClN2. The number of hydrogen-bond donors (Lipinski definition) is 0. The summed E-state index contributed by atoms with van der Waals surface area (Å²) in [6.07, 6.45) is 1.19. The van der Waals surface area contributed by atoms with Crippen LogP contribution in [0, 0.1) is 12.8 Å². The molecule has 0 radical (unpaired) electrons. The Labute approximate surface area is 125 Å². The van der Waals surface area contributed by atoms with Crippen LogP contribution in [0.2, 0.25) is 0 Å². The Hall–Kier alpha value is -1.12. The van der Waals surface area contributed by atoms with Gasteiger partial charge in [-0.1, -0.05) is 25.1 Å². The van der Waals surface area contributed by atoms with Gasteiger partial charge in [-0.2, -0.15) is 0 Å². The monoisotopic (exact) mass is 288 g/mol. The Morgan fingerprint density at radius 2 is 2.15 bits per heavy atom. The molecule has 1 aromatic heterocycles. The number of hydrogen-bond acceptors (Lipinski definition) is 2. The molecule has 0 saturated carbocycles. The zero-order valence-corrected chi connectivity index (χ0v) is 12.9. The van der Waals surface area contributed by atoms with E-state index in [1.165, 1.54) is 17.4 Å². The predicted octanol–water partition coefficient (Wildman–Crippen LogP) is 3.99. The summed E-state index contributed by atoms with van der Waals surface area (Å²) in [5.74, 6) is 0.629. The Kier molecular flexibility index (Phi) is 3.95. The molecule has 2 aromatic rings. The fourth-order valence-corrected chi connectivity index (χ4v) is 3.32. The van der Waals surface area contributed by atoms with E-state index in [0.717, 1.165) is 30.8 Å². The van der Waals surface area contributed by atoms with E-state index in [-0.39, 0.29) is 5.38 Å². The number of pyridine rings is 1. The molecule has 3 heteroatoms. The highest BCUT2D eigenvalue weighted by Gasteiger charge is 2.24. The first-order chi connectivity index (χ1) is 9.63. The Morgan fingerprint density at radius 1 is 1.35 bits per heavy atom. The van der Waals surface area contributed by atoms with E-state index >= 15 is 0 Å². The molecule has 106 valence electrons. The van der Waals surface area contributed by atoms with Crippen molar-refractivity contribution in [2.24, 2.45) is 5.92 Å². The van der Waals surface area contributed by atoms with E-state index in [9.17, 15) is 0 Å². The van der Waals surface area contributed by atoms with Crippen molar-refractivity contribution in [3.05, 3.63) is 41.6 Å². The van der Waals surface area contributed by atoms with Crippen LogP contribution in [-0.4, -0.2) is 28.4 Å². The molecule has 20 heavy (non-hydrogen) atoms. The number of aryl methyl sites for hydroxylation is 1. The van der Waals surface area contributed by atoms with Crippen molar-refractivity contribution in [3.63, 3.8) is 0 Å². The minimum absolute atomic E-state index is 0.276. The molecule has 1 fully saturated rings. The van der Waals surface area contributed by atoms with E-state index in [0.29, 0.717) is 5.92 Å². The van der Waals surface area contributed by atoms with Crippen LogP contribution >= 0.6 is 11.6 Å². The van der Waals surface area contributed by atoms with Gasteiger partial charge in [0.25, 0.3) is 0 Å². The van der Waals surface area contributed by atoms with Gasteiger partial charge < -0.3 is 0 Å². The molecule has 1 aliphatic rings. The van der Waals surface area contributed by atoms with Crippen LogP contribution in [0.1, 0.15) is 24.6 Å². The molecule has 0 N–H and O–H groups in total. The topological polar surface area (TPSA) is 16.1 Å². The van der Waals surface area contributed by atoms with Crippen molar-refractivity contribution in [1.29, 1.82) is 0 Å². The van der Waals surface area contributed by atoms with E-state index < -0.39 is 0 Å². The van der Waals surface area contributed by atoms with Crippen LogP contribution in [0.15, 0.2) is 30.3 Å². The van der Waals surface area contributed by atoms with Crippen molar-refractivity contribution < 1.29 is 0 Å². The van der Waals surface area contributed by atoms with Crippen LogP contribution < -0.4 is 0 Å². The minimum atomic E-state index is 0.276. The highest BCUT2D eigenvalue weighted by molar-refractivity contribution is 6.21. The largest absolute Gasteiger partial charge is 0.298 e. The summed E-state index contributed by atoms with van der Waals surface area (Å²) < 4.78 is 0. The van der Waals surface area contributed by atoms with Gasteiger partial charge in [0.05, 0.1) is 5.52 Å². The van der Waals surface area contributed by atoms with E-state index in [1.807, 2.05) is 0 Å². The second kappa shape index (κ2) is 5.71. The van der Waals surface area contributed by atoms with Gasteiger partial charge in [-0.15, -0.1) is 11.6 Å². The van der Waals surface area contributed by atoms with Crippen molar-refractivity contribution >= 4 is 22.5 Å². The minimum Gasteiger partial charge on any atom is -0.298 e. The number of piperidine rings is 1. The number of likely N-dealkylation sites (tertiary alicyclic amines) is 1. The van der Waals surface area contributed by atoms with E-state index in [1.54, 1.807) is 0 Å². The Morgan fingerprint density at radius 3 is 2.95 bits per heavy atom. The molecule has 2 unspecified atom stereocenters. The highest BCUT2D eigenvalue weighted by atomic mass is 35.5. The number of rotatable bonds is 2. The van der Waals surface area contributed by atoms with Crippen LogP contribution in [0.4, 0.5) is 0 Å². The van der Waals surface area contributed by atoms with Gasteiger partial charge in [-0.05, 0) is 43.5 Å². The highest BCUT2D eigenvalue weighted by Crippen LogP contribution is 2.25. The summed E-state index contributed by atoms with van der Waals surface area (Å²) in [4.78, 5) is 7.08. The number of alkyl halides is 1. The van der Waals surface area contributed by atoms with Crippen LogP contribution in [0.25, 0.3) is 10.9 Å². The third-order valence-corrected chi connectivity index (χ3v) is 4.84. The lowest BCUT2D eigenvalue weighted by Crippen LogP contribution is -2.39. The van der Waals surface area contributed by atoms with Crippen molar-refractivity contribution in [1.82, 2.24) is 9.88 Å². The summed E-state index contributed by atoms with van der Waals surface area (Å²) in [5.41, 5.74) is 3.55. The van der Waals surface area contributed by atoms with Crippen molar-refractivity contribution in [2.45, 2.75) is 32.2 Å². The quantitative estimate of drug-likeness (QED) is 0.777. The molecule has 2 atom stereocenters. The van der Waals surface area contributed by atoms with Gasteiger partial charge in [0.1, 0.15) is 0 Å². The predicted molar refractivity (Wildman–Crippen MR) is 85.2 cm³/mol. The van der Waals surface area contributed by atoms with Gasteiger partial charge in [-0.25, -0.2) is 0 Å². The molecule has 2 heterocycles. The lowest BCUT2D eigenvalue weighted by Gasteiger charge is -2.34. The normalized spacial score (nSPS) is 24.1. The summed E-state index contributed by atoms with van der Waals surface area (Å²) in [5, 5.41) is 1.54. The maximum Gasteiger partial charge on any atom is 0.0708 e. The fourth-order valence-electron chi connectivity index (χ4n) is 3.00. The van der Waals surface area contributed by atoms with Gasteiger partial charge in [0.15, 0.2) is 0 Å². The van der Waals surface area contributed by atoms with Crippen molar-refractivity contribution in [2.75, 3.05) is 13.1 Å². The van der Waals surface area contributed by atoms with Crippen LogP contribution in [-0.2, 0) is 6.54 Å². The number of aromatic nitrogens is 1. The lowest BCUT2D eigenvalue weighted by atomic mass is 9.97. The molecule has 0 amide bonds. The average molecular weight is 289 g/mol. The van der Waals surface area contributed by atoms with Gasteiger partial charge in [-0.3, -0.25) is 9.88 Å².